The van der Waals surface area contributed by atoms with E-state index < -0.39 is 0 Å². The maximum atomic E-state index is 12.7. The molecule has 0 amide bonds. The predicted molar refractivity (Wildman–Crippen MR) is 89.9 cm³/mol. The zero-order chi connectivity index (χ0) is 17.3. The van der Waals surface area contributed by atoms with Gasteiger partial charge in [0.05, 0.1) is 33.1 Å². The van der Waals surface area contributed by atoms with Crippen LogP contribution in [0.1, 0.15) is 28.0 Å². The number of rotatable bonds is 4. The van der Waals surface area contributed by atoms with Crippen molar-refractivity contribution in [3.63, 3.8) is 0 Å². The third-order valence-corrected chi connectivity index (χ3v) is 4.29. The summed E-state index contributed by atoms with van der Waals surface area (Å²) in [5, 5.41) is 4.18. The highest BCUT2D eigenvalue weighted by Gasteiger charge is 2.25. The summed E-state index contributed by atoms with van der Waals surface area (Å²) < 4.78 is 17.9. The lowest BCUT2D eigenvalue weighted by Crippen LogP contribution is -2.15. The molecular formula is C18H20N2O4. The van der Waals surface area contributed by atoms with E-state index in [1.54, 1.807) is 38.3 Å². The van der Waals surface area contributed by atoms with Gasteiger partial charge in [-0.3, -0.25) is 9.48 Å². The second-order valence-electron chi connectivity index (χ2n) is 5.55. The lowest BCUT2D eigenvalue weighted by atomic mass is 9.90. The Kier molecular flexibility index (Phi) is 4.29. The Labute approximate surface area is 140 Å². The SMILES string of the molecule is COc1ccc(/C=C2\CCc3c(cnn3C)C2=O)c(OC)c1OC. The summed E-state index contributed by atoms with van der Waals surface area (Å²) in [7, 11) is 6.56. The molecule has 1 aliphatic rings. The molecule has 0 saturated heterocycles. The summed E-state index contributed by atoms with van der Waals surface area (Å²) in [5.74, 6) is 1.66. The Morgan fingerprint density at radius 3 is 2.50 bits per heavy atom. The minimum atomic E-state index is 0.0150. The summed E-state index contributed by atoms with van der Waals surface area (Å²) in [6, 6.07) is 3.66. The number of ketones is 1. The largest absolute Gasteiger partial charge is 0.493 e. The van der Waals surface area contributed by atoms with Crippen molar-refractivity contribution < 1.29 is 19.0 Å². The van der Waals surface area contributed by atoms with E-state index in [9.17, 15) is 4.79 Å². The monoisotopic (exact) mass is 328 g/mol. The van der Waals surface area contributed by atoms with Gasteiger partial charge in [0, 0.05) is 23.9 Å². The number of Topliss-reactive ketones (excluding diaryl/α,β-unsaturated/α-hetero) is 1. The maximum Gasteiger partial charge on any atom is 0.203 e. The third-order valence-electron chi connectivity index (χ3n) is 4.29. The Bertz CT molecular complexity index is 821. The van der Waals surface area contributed by atoms with Crippen molar-refractivity contribution in [2.45, 2.75) is 12.8 Å². The second-order valence-corrected chi connectivity index (χ2v) is 5.55. The normalized spacial score (nSPS) is 15.3. The molecule has 0 unspecified atom stereocenters. The Balaban J connectivity index is 2.05. The van der Waals surface area contributed by atoms with Crippen LogP contribution in [-0.4, -0.2) is 36.9 Å². The summed E-state index contributed by atoms with van der Waals surface area (Å²) in [5.41, 5.74) is 3.18. The smallest absolute Gasteiger partial charge is 0.203 e. The van der Waals surface area contributed by atoms with Gasteiger partial charge in [0.1, 0.15) is 0 Å². The number of nitrogens with zero attached hydrogens (tertiary/aromatic N) is 2. The van der Waals surface area contributed by atoms with Crippen LogP contribution in [-0.2, 0) is 13.5 Å². The van der Waals surface area contributed by atoms with Gasteiger partial charge in [-0.2, -0.15) is 5.10 Å². The van der Waals surface area contributed by atoms with Crippen molar-refractivity contribution in [1.82, 2.24) is 9.78 Å². The molecule has 0 fully saturated rings. The van der Waals surface area contributed by atoms with E-state index in [0.717, 1.165) is 23.3 Å². The molecule has 0 atom stereocenters. The highest BCUT2D eigenvalue weighted by atomic mass is 16.5. The van der Waals surface area contributed by atoms with Gasteiger partial charge in [-0.25, -0.2) is 0 Å². The number of methoxy groups -OCH3 is 3. The van der Waals surface area contributed by atoms with Crippen LogP contribution in [0.15, 0.2) is 23.9 Å². The molecular weight excluding hydrogens is 308 g/mol. The standard InChI is InChI=1S/C18H20N2O4/c1-20-14-7-5-11(16(21)13(14)10-19-20)9-12-6-8-15(22-2)18(24-4)17(12)23-3/h6,8-10H,5,7H2,1-4H3/b11-9+. The van der Waals surface area contributed by atoms with Crippen molar-refractivity contribution in [2.75, 3.05) is 21.3 Å². The van der Waals surface area contributed by atoms with Gasteiger partial charge in [-0.15, -0.1) is 0 Å². The van der Waals surface area contributed by atoms with E-state index in [1.807, 2.05) is 19.2 Å². The summed E-state index contributed by atoms with van der Waals surface area (Å²) in [6.45, 7) is 0. The highest BCUT2D eigenvalue weighted by molar-refractivity contribution is 6.13. The highest BCUT2D eigenvalue weighted by Crippen LogP contribution is 2.41. The van der Waals surface area contributed by atoms with Crippen LogP contribution < -0.4 is 14.2 Å². The molecule has 0 radical (unpaired) electrons. The van der Waals surface area contributed by atoms with Crippen LogP contribution in [0, 0.1) is 0 Å². The van der Waals surface area contributed by atoms with E-state index in [4.69, 9.17) is 14.2 Å². The summed E-state index contributed by atoms with van der Waals surface area (Å²) >= 11 is 0. The molecule has 3 rings (SSSR count). The molecule has 1 aromatic heterocycles. The number of hydrogen-bond donors (Lipinski definition) is 0. The van der Waals surface area contributed by atoms with Crippen LogP contribution in [0.4, 0.5) is 0 Å². The lowest BCUT2D eigenvalue weighted by molar-refractivity contribution is 0.102. The number of allylic oxidation sites excluding steroid dienone is 1. The average molecular weight is 328 g/mol. The molecule has 1 aliphatic carbocycles. The quantitative estimate of drug-likeness (QED) is 0.808. The van der Waals surface area contributed by atoms with Gasteiger partial charge in [0.15, 0.2) is 17.3 Å². The number of hydrogen-bond acceptors (Lipinski definition) is 5. The molecule has 6 nitrogen and oxygen atoms in total. The van der Waals surface area contributed by atoms with E-state index in [0.29, 0.717) is 29.2 Å². The van der Waals surface area contributed by atoms with Gasteiger partial charge in [0.2, 0.25) is 5.75 Å². The fourth-order valence-corrected chi connectivity index (χ4v) is 3.05. The first kappa shape index (κ1) is 16.1. The fourth-order valence-electron chi connectivity index (χ4n) is 3.05. The minimum absolute atomic E-state index is 0.0150. The fraction of sp³-hybridized carbons (Fsp3) is 0.333. The van der Waals surface area contributed by atoms with Gasteiger partial charge < -0.3 is 14.2 Å². The number of ether oxygens (including phenoxy) is 3. The first-order valence-electron chi connectivity index (χ1n) is 7.65. The number of aryl methyl sites for hydroxylation is 1. The third kappa shape index (κ3) is 2.54. The van der Waals surface area contributed by atoms with E-state index >= 15 is 0 Å². The van der Waals surface area contributed by atoms with Crippen molar-refractivity contribution in [3.05, 3.63) is 40.7 Å². The van der Waals surface area contributed by atoms with E-state index in [2.05, 4.69) is 5.10 Å². The molecule has 0 N–H and O–H groups in total. The number of carbonyl (C=O) groups excluding carboxylic acids is 1. The van der Waals surface area contributed by atoms with Crippen LogP contribution in [0.5, 0.6) is 17.2 Å². The Morgan fingerprint density at radius 1 is 1.08 bits per heavy atom. The van der Waals surface area contributed by atoms with Crippen molar-refractivity contribution >= 4 is 11.9 Å². The van der Waals surface area contributed by atoms with Crippen LogP contribution in [0.3, 0.4) is 0 Å². The zero-order valence-corrected chi connectivity index (χ0v) is 14.3. The second kappa shape index (κ2) is 6.39. The lowest BCUT2D eigenvalue weighted by Gasteiger charge is -2.17. The maximum absolute atomic E-state index is 12.7. The Morgan fingerprint density at radius 2 is 1.83 bits per heavy atom. The minimum Gasteiger partial charge on any atom is -0.493 e. The molecule has 1 heterocycles. The number of carbonyl (C=O) groups is 1. The molecule has 1 aromatic carbocycles. The van der Waals surface area contributed by atoms with Gasteiger partial charge in [-0.05, 0) is 31.1 Å². The first-order valence-corrected chi connectivity index (χ1v) is 7.65. The molecule has 0 bridgehead atoms. The van der Waals surface area contributed by atoms with Crippen LogP contribution >= 0.6 is 0 Å². The van der Waals surface area contributed by atoms with E-state index in [-0.39, 0.29) is 5.78 Å². The van der Waals surface area contributed by atoms with Crippen LogP contribution in [0.2, 0.25) is 0 Å². The molecule has 0 saturated carbocycles. The molecule has 0 spiro atoms. The zero-order valence-electron chi connectivity index (χ0n) is 14.3. The number of aromatic nitrogens is 2. The van der Waals surface area contributed by atoms with Crippen molar-refractivity contribution in [1.29, 1.82) is 0 Å². The number of fused-ring (bicyclic) bond motifs is 1. The van der Waals surface area contributed by atoms with E-state index in [1.165, 1.54) is 0 Å². The molecule has 2 aromatic rings. The molecule has 24 heavy (non-hydrogen) atoms. The van der Waals surface area contributed by atoms with Gasteiger partial charge in [-0.1, -0.05) is 0 Å². The predicted octanol–water partition coefficient (Wildman–Crippen LogP) is 2.66. The van der Waals surface area contributed by atoms with Crippen molar-refractivity contribution in [2.24, 2.45) is 7.05 Å². The molecule has 6 heteroatoms. The van der Waals surface area contributed by atoms with Gasteiger partial charge >= 0.3 is 0 Å². The molecule has 126 valence electrons. The topological polar surface area (TPSA) is 62.6 Å². The molecule has 0 aliphatic heterocycles. The summed E-state index contributed by atoms with van der Waals surface area (Å²) in [4.78, 5) is 12.7. The number of benzene rings is 1. The van der Waals surface area contributed by atoms with Crippen molar-refractivity contribution in [3.8, 4) is 17.2 Å². The average Bonchev–Trinajstić information content (AvgIpc) is 2.98. The first-order chi connectivity index (χ1) is 11.6. The van der Waals surface area contributed by atoms with Gasteiger partial charge in [0.25, 0.3) is 0 Å². The van der Waals surface area contributed by atoms with Crippen LogP contribution in [0.25, 0.3) is 6.08 Å². The summed E-state index contributed by atoms with van der Waals surface area (Å²) in [6.07, 6.45) is 4.96. The Hall–Kier alpha value is -2.76.